The second-order valence-corrected chi connectivity index (χ2v) is 3.89. The summed E-state index contributed by atoms with van der Waals surface area (Å²) in [5, 5.41) is 3.58. The molecule has 0 saturated heterocycles. The normalized spacial score (nSPS) is 16.9. The second-order valence-electron chi connectivity index (χ2n) is 3.89. The monoisotopic (exact) mass is 157 g/mol. The van der Waals surface area contributed by atoms with Crippen molar-refractivity contribution in [1.29, 1.82) is 0 Å². The molecule has 1 N–H and O–H groups in total. The Balaban J connectivity index is 3.48. The molecule has 68 valence electrons. The molecule has 0 saturated carbocycles. The van der Waals surface area contributed by atoms with Gasteiger partial charge in [-0.1, -0.05) is 27.2 Å². The first kappa shape index (κ1) is 11.0. The fraction of sp³-hybridized carbons (Fsp3) is 1.00. The van der Waals surface area contributed by atoms with Crippen molar-refractivity contribution < 1.29 is 0 Å². The molecule has 0 bridgehead atoms. The lowest BCUT2D eigenvalue weighted by atomic mass is 10.0. The van der Waals surface area contributed by atoms with E-state index in [0.29, 0.717) is 12.1 Å². The van der Waals surface area contributed by atoms with Crippen LogP contribution in [0.3, 0.4) is 0 Å². The molecule has 1 nitrogen and oxygen atoms in total. The van der Waals surface area contributed by atoms with E-state index in [1.54, 1.807) is 0 Å². The highest BCUT2D eigenvalue weighted by Crippen LogP contribution is 2.03. The summed E-state index contributed by atoms with van der Waals surface area (Å²) in [6.45, 7) is 11.3. The number of hydrogen-bond acceptors (Lipinski definition) is 1. The SMILES string of the molecule is CCCC(C)N[C@H](C)C(C)C. The molecule has 0 aromatic rings. The third-order valence-corrected chi connectivity index (χ3v) is 2.27. The first-order chi connectivity index (χ1) is 5.07. The zero-order chi connectivity index (χ0) is 8.85. The lowest BCUT2D eigenvalue weighted by molar-refractivity contribution is 0.371. The Bertz CT molecular complexity index is 88.9. The summed E-state index contributed by atoms with van der Waals surface area (Å²) in [4.78, 5) is 0. The average molecular weight is 157 g/mol. The quantitative estimate of drug-likeness (QED) is 0.647. The van der Waals surface area contributed by atoms with Crippen molar-refractivity contribution in [2.24, 2.45) is 5.92 Å². The van der Waals surface area contributed by atoms with Gasteiger partial charge < -0.3 is 5.32 Å². The fourth-order valence-corrected chi connectivity index (χ4v) is 1.16. The predicted molar refractivity (Wildman–Crippen MR) is 51.8 cm³/mol. The molecule has 0 aliphatic heterocycles. The van der Waals surface area contributed by atoms with Gasteiger partial charge in [-0.25, -0.2) is 0 Å². The Morgan fingerprint density at radius 3 is 2.00 bits per heavy atom. The maximum absolute atomic E-state index is 3.58. The minimum Gasteiger partial charge on any atom is -0.312 e. The summed E-state index contributed by atoms with van der Waals surface area (Å²) >= 11 is 0. The van der Waals surface area contributed by atoms with E-state index >= 15 is 0 Å². The van der Waals surface area contributed by atoms with Crippen molar-refractivity contribution in [2.75, 3.05) is 0 Å². The number of nitrogens with one attached hydrogen (secondary N) is 1. The topological polar surface area (TPSA) is 12.0 Å². The van der Waals surface area contributed by atoms with Crippen LogP contribution in [-0.4, -0.2) is 12.1 Å². The Hall–Kier alpha value is -0.0400. The van der Waals surface area contributed by atoms with Crippen molar-refractivity contribution in [2.45, 2.75) is 59.5 Å². The van der Waals surface area contributed by atoms with Gasteiger partial charge in [0.15, 0.2) is 0 Å². The highest BCUT2D eigenvalue weighted by atomic mass is 14.9. The predicted octanol–water partition coefficient (Wildman–Crippen LogP) is 2.81. The Kier molecular flexibility index (Phi) is 5.57. The maximum atomic E-state index is 3.58. The number of rotatable bonds is 5. The van der Waals surface area contributed by atoms with Gasteiger partial charge in [0.05, 0.1) is 0 Å². The van der Waals surface area contributed by atoms with Gasteiger partial charge in [-0.15, -0.1) is 0 Å². The molecule has 0 aromatic heterocycles. The van der Waals surface area contributed by atoms with E-state index < -0.39 is 0 Å². The van der Waals surface area contributed by atoms with Gasteiger partial charge in [0.25, 0.3) is 0 Å². The first-order valence-electron chi connectivity index (χ1n) is 4.84. The molecule has 0 aromatic carbocycles. The van der Waals surface area contributed by atoms with Crippen LogP contribution < -0.4 is 5.32 Å². The van der Waals surface area contributed by atoms with E-state index in [2.05, 4.69) is 39.9 Å². The zero-order valence-corrected chi connectivity index (χ0v) is 8.65. The van der Waals surface area contributed by atoms with Crippen LogP contribution >= 0.6 is 0 Å². The molecule has 0 radical (unpaired) electrons. The number of hydrogen-bond donors (Lipinski definition) is 1. The van der Waals surface area contributed by atoms with E-state index in [1.807, 2.05) is 0 Å². The van der Waals surface area contributed by atoms with Crippen LogP contribution in [0.2, 0.25) is 0 Å². The molecular formula is C10H23N. The van der Waals surface area contributed by atoms with Gasteiger partial charge in [-0.05, 0) is 26.2 Å². The molecular weight excluding hydrogens is 134 g/mol. The summed E-state index contributed by atoms with van der Waals surface area (Å²) in [5.41, 5.74) is 0. The molecule has 0 rings (SSSR count). The van der Waals surface area contributed by atoms with Crippen LogP contribution in [0.25, 0.3) is 0 Å². The van der Waals surface area contributed by atoms with Gasteiger partial charge in [0.2, 0.25) is 0 Å². The molecule has 11 heavy (non-hydrogen) atoms. The highest BCUT2D eigenvalue weighted by molar-refractivity contribution is 4.69. The van der Waals surface area contributed by atoms with E-state index in [1.165, 1.54) is 12.8 Å². The Morgan fingerprint density at radius 1 is 1.09 bits per heavy atom. The lowest BCUT2D eigenvalue weighted by Crippen LogP contribution is -2.37. The minimum absolute atomic E-state index is 0.650. The van der Waals surface area contributed by atoms with Gasteiger partial charge >= 0.3 is 0 Å². The van der Waals surface area contributed by atoms with Crippen LogP contribution in [0.5, 0.6) is 0 Å². The van der Waals surface area contributed by atoms with E-state index in [9.17, 15) is 0 Å². The van der Waals surface area contributed by atoms with Crippen LogP contribution in [0.4, 0.5) is 0 Å². The van der Waals surface area contributed by atoms with E-state index in [4.69, 9.17) is 0 Å². The van der Waals surface area contributed by atoms with Crippen LogP contribution in [0, 0.1) is 5.92 Å². The van der Waals surface area contributed by atoms with Crippen molar-refractivity contribution in [3.05, 3.63) is 0 Å². The smallest absolute Gasteiger partial charge is 0.00642 e. The van der Waals surface area contributed by atoms with Gasteiger partial charge in [0, 0.05) is 12.1 Å². The minimum atomic E-state index is 0.650. The largest absolute Gasteiger partial charge is 0.312 e. The van der Waals surface area contributed by atoms with Gasteiger partial charge in [-0.2, -0.15) is 0 Å². The molecule has 2 atom stereocenters. The molecule has 0 fully saturated rings. The van der Waals surface area contributed by atoms with E-state index in [-0.39, 0.29) is 0 Å². The lowest BCUT2D eigenvalue weighted by Gasteiger charge is -2.22. The fourth-order valence-electron chi connectivity index (χ4n) is 1.16. The maximum Gasteiger partial charge on any atom is 0.00642 e. The van der Waals surface area contributed by atoms with E-state index in [0.717, 1.165) is 5.92 Å². The van der Waals surface area contributed by atoms with Gasteiger partial charge in [0.1, 0.15) is 0 Å². The Labute approximate surface area is 71.6 Å². The molecule has 0 aliphatic rings. The summed E-state index contributed by atoms with van der Waals surface area (Å²) in [7, 11) is 0. The van der Waals surface area contributed by atoms with Crippen LogP contribution in [0.1, 0.15) is 47.5 Å². The molecule has 0 aliphatic carbocycles. The summed E-state index contributed by atoms with van der Waals surface area (Å²) in [6.07, 6.45) is 2.57. The van der Waals surface area contributed by atoms with Gasteiger partial charge in [-0.3, -0.25) is 0 Å². The molecule has 0 spiro atoms. The summed E-state index contributed by atoms with van der Waals surface area (Å²) in [5.74, 6) is 0.745. The Morgan fingerprint density at radius 2 is 1.64 bits per heavy atom. The summed E-state index contributed by atoms with van der Waals surface area (Å²) in [6, 6.07) is 1.33. The van der Waals surface area contributed by atoms with Crippen molar-refractivity contribution >= 4 is 0 Å². The average Bonchev–Trinajstić information content (AvgIpc) is 1.87. The standard InChI is InChI=1S/C10H23N/c1-6-7-9(4)11-10(5)8(2)3/h8-11H,6-7H2,1-5H3/t9?,10-/m1/s1. The summed E-state index contributed by atoms with van der Waals surface area (Å²) < 4.78 is 0. The third kappa shape index (κ3) is 5.25. The highest BCUT2D eigenvalue weighted by Gasteiger charge is 2.08. The van der Waals surface area contributed by atoms with Crippen LogP contribution in [-0.2, 0) is 0 Å². The molecule has 0 amide bonds. The first-order valence-corrected chi connectivity index (χ1v) is 4.84. The molecule has 1 heteroatoms. The zero-order valence-electron chi connectivity index (χ0n) is 8.65. The second kappa shape index (κ2) is 5.59. The molecule has 1 unspecified atom stereocenters. The van der Waals surface area contributed by atoms with Crippen LogP contribution in [0.15, 0.2) is 0 Å². The van der Waals surface area contributed by atoms with Crippen molar-refractivity contribution in [3.8, 4) is 0 Å². The van der Waals surface area contributed by atoms with Crippen molar-refractivity contribution in [3.63, 3.8) is 0 Å². The third-order valence-electron chi connectivity index (χ3n) is 2.27. The molecule has 0 heterocycles. The van der Waals surface area contributed by atoms with Crippen molar-refractivity contribution in [1.82, 2.24) is 5.32 Å².